The third-order valence-electron chi connectivity index (χ3n) is 8.68. The van der Waals surface area contributed by atoms with E-state index in [1.54, 1.807) is 6.08 Å². The minimum Gasteiger partial charge on any atom is -0.393 e. The molecule has 5 rings (SSSR count). The lowest BCUT2D eigenvalue weighted by atomic mass is 9.46. The monoisotopic (exact) mass is 298 g/mol. The van der Waals surface area contributed by atoms with Crippen molar-refractivity contribution in [2.75, 3.05) is 0 Å². The van der Waals surface area contributed by atoms with Crippen LogP contribution >= 0.6 is 0 Å². The van der Waals surface area contributed by atoms with E-state index in [4.69, 9.17) is 0 Å². The van der Waals surface area contributed by atoms with Crippen LogP contribution in [-0.2, 0) is 4.79 Å². The highest BCUT2D eigenvalue weighted by atomic mass is 16.3. The Morgan fingerprint density at radius 2 is 2.05 bits per heavy atom. The maximum absolute atomic E-state index is 11.8. The van der Waals surface area contributed by atoms with Crippen molar-refractivity contribution in [3.63, 3.8) is 0 Å². The van der Waals surface area contributed by atoms with Crippen LogP contribution in [0.4, 0.5) is 0 Å². The predicted octanol–water partition coefficient (Wildman–Crippen LogP) is 3.66. The molecule has 7 atom stereocenters. The molecular formula is C20H26O2. The SMILES string of the molecule is C[C@]12C=CC(=O)C=C1CC[C@@H]1[C@@H]2CC[C@]2(C)[C@H](O)C[C@@H]3C[C@]312. The molecule has 4 fully saturated rings. The van der Waals surface area contributed by atoms with E-state index < -0.39 is 0 Å². The van der Waals surface area contributed by atoms with Gasteiger partial charge in [-0.15, -0.1) is 0 Å². The van der Waals surface area contributed by atoms with E-state index in [-0.39, 0.29) is 22.7 Å². The molecule has 0 bridgehead atoms. The molecule has 4 saturated carbocycles. The number of hydrogen-bond acceptors (Lipinski definition) is 2. The Morgan fingerprint density at radius 1 is 1.23 bits per heavy atom. The molecule has 0 aromatic carbocycles. The second kappa shape index (κ2) is 3.77. The lowest BCUT2D eigenvalue weighted by molar-refractivity contribution is -0.111. The molecule has 22 heavy (non-hydrogen) atoms. The first-order valence-corrected chi connectivity index (χ1v) is 9.04. The Kier molecular flexibility index (Phi) is 2.32. The van der Waals surface area contributed by atoms with Gasteiger partial charge < -0.3 is 5.11 Å². The van der Waals surface area contributed by atoms with E-state index in [1.807, 2.05) is 6.08 Å². The molecule has 0 saturated heterocycles. The van der Waals surface area contributed by atoms with Gasteiger partial charge in [-0.1, -0.05) is 25.5 Å². The van der Waals surface area contributed by atoms with Gasteiger partial charge in [0.15, 0.2) is 5.78 Å². The summed E-state index contributed by atoms with van der Waals surface area (Å²) in [6.07, 6.45) is 12.9. The van der Waals surface area contributed by atoms with E-state index in [0.29, 0.717) is 11.3 Å². The predicted molar refractivity (Wildman–Crippen MR) is 85.1 cm³/mol. The van der Waals surface area contributed by atoms with Crippen LogP contribution in [0.1, 0.15) is 52.4 Å². The fraction of sp³-hybridized carbons (Fsp3) is 0.750. The van der Waals surface area contributed by atoms with Crippen molar-refractivity contribution < 1.29 is 9.90 Å². The smallest absolute Gasteiger partial charge is 0.178 e. The Morgan fingerprint density at radius 3 is 2.86 bits per heavy atom. The fourth-order valence-corrected chi connectivity index (χ4v) is 7.40. The van der Waals surface area contributed by atoms with E-state index >= 15 is 0 Å². The van der Waals surface area contributed by atoms with Gasteiger partial charge in [-0.05, 0) is 79.3 Å². The molecule has 0 aliphatic heterocycles. The van der Waals surface area contributed by atoms with Gasteiger partial charge in [-0.3, -0.25) is 4.79 Å². The zero-order valence-corrected chi connectivity index (χ0v) is 13.6. The number of fused-ring (bicyclic) bond motifs is 3. The van der Waals surface area contributed by atoms with E-state index in [1.165, 1.54) is 24.8 Å². The standard InChI is InChI=1S/C20H26O2/c1-18-7-5-14(21)9-12(18)3-4-16-15(18)6-8-19(2)17(22)10-13-11-20(13,16)19/h5,7,9,13,15-17,22H,3-4,6,8,10-11H2,1-2H3/t13-,15+,16-,17-,18+,19-,20+/m1/s1. The van der Waals surface area contributed by atoms with Crippen molar-refractivity contribution in [2.45, 2.75) is 58.5 Å². The van der Waals surface area contributed by atoms with Crippen molar-refractivity contribution in [1.82, 2.24) is 0 Å². The first-order valence-electron chi connectivity index (χ1n) is 9.04. The van der Waals surface area contributed by atoms with Gasteiger partial charge in [-0.25, -0.2) is 0 Å². The molecule has 1 spiro atoms. The molecule has 2 heteroatoms. The molecule has 118 valence electrons. The van der Waals surface area contributed by atoms with Gasteiger partial charge in [0.1, 0.15) is 0 Å². The number of ketones is 1. The first kappa shape index (κ1) is 13.5. The Balaban J connectivity index is 1.58. The molecular weight excluding hydrogens is 272 g/mol. The number of rotatable bonds is 0. The molecule has 0 heterocycles. The van der Waals surface area contributed by atoms with Gasteiger partial charge in [-0.2, -0.15) is 0 Å². The maximum atomic E-state index is 11.8. The highest BCUT2D eigenvalue weighted by Crippen LogP contribution is 2.82. The van der Waals surface area contributed by atoms with Crippen molar-refractivity contribution in [2.24, 2.45) is 34.0 Å². The number of allylic oxidation sites excluding steroid dienone is 4. The average molecular weight is 298 g/mol. The molecule has 1 N–H and O–H groups in total. The molecule has 0 amide bonds. The quantitative estimate of drug-likeness (QED) is 0.741. The minimum absolute atomic E-state index is 0.0829. The maximum Gasteiger partial charge on any atom is 0.178 e. The van der Waals surface area contributed by atoms with Crippen LogP contribution < -0.4 is 0 Å². The van der Waals surface area contributed by atoms with Crippen LogP contribution in [0.25, 0.3) is 0 Å². The van der Waals surface area contributed by atoms with Crippen LogP contribution in [0, 0.1) is 34.0 Å². The van der Waals surface area contributed by atoms with Crippen LogP contribution in [0.2, 0.25) is 0 Å². The van der Waals surface area contributed by atoms with Crippen molar-refractivity contribution in [1.29, 1.82) is 0 Å². The number of aliphatic hydroxyl groups excluding tert-OH is 1. The molecule has 0 aromatic heterocycles. The average Bonchev–Trinajstić information content (AvgIpc) is 3.13. The number of carbonyl (C=O) groups is 1. The normalized spacial score (nSPS) is 58.3. The molecule has 5 aliphatic carbocycles. The third-order valence-corrected chi connectivity index (χ3v) is 8.68. The number of hydrogen-bond donors (Lipinski definition) is 1. The van der Waals surface area contributed by atoms with Gasteiger partial charge in [0.25, 0.3) is 0 Å². The molecule has 0 radical (unpaired) electrons. The summed E-state index contributed by atoms with van der Waals surface area (Å²) < 4.78 is 0. The van der Waals surface area contributed by atoms with Crippen LogP contribution in [-0.4, -0.2) is 17.0 Å². The van der Waals surface area contributed by atoms with E-state index in [9.17, 15) is 9.90 Å². The van der Waals surface area contributed by atoms with Gasteiger partial charge in [0.05, 0.1) is 6.10 Å². The molecule has 2 nitrogen and oxygen atoms in total. The Labute approximate surface area is 132 Å². The van der Waals surface area contributed by atoms with Gasteiger partial charge in [0, 0.05) is 5.41 Å². The summed E-state index contributed by atoms with van der Waals surface area (Å²) in [6.45, 7) is 4.73. The summed E-state index contributed by atoms with van der Waals surface area (Å²) in [5, 5.41) is 10.6. The summed E-state index contributed by atoms with van der Waals surface area (Å²) in [5.41, 5.74) is 2.04. The Hall–Kier alpha value is -0.890. The van der Waals surface area contributed by atoms with Crippen molar-refractivity contribution >= 4 is 5.78 Å². The summed E-state index contributed by atoms with van der Waals surface area (Å²) in [7, 11) is 0. The van der Waals surface area contributed by atoms with Gasteiger partial charge >= 0.3 is 0 Å². The lowest BCUT2D eigenvalue weighted by Crippen LogP contribution is -2.53. The lowest BCUT2D eigenvalue weighted by Gasteiger charge is -2.58. The summed E-state index contributed by atoms with van der Waals surface area (Å²) in [6, 6.07) is 0. The van der Waals surface area contributed by atoms with Crippen LogP contribution in [0.5, 0.6) is 0 Å². The summed E-state index contributed by atoms with van der Waals surface area (Å²) >= 11 is 0. The second-order valence-corrected chi connectivity index (χ2v) is 9.09. The largest absolute Gasteiger partial charge is 0.393 e. The summed E-state index contributed by atoms with van der Waals surface area (Å²) in [4.78, 5) is 11.8. The zero-order chi connectivity index (χ0) is 15.3. The second-order valence-electron chi connectivity index (χ2n) is 9.09. The molecule has 0 unspecified atom stereocenters. The topological polar surface area (TPSA) is 37.3 Å². The highest BCUT2D eigenvalue weighted by Gasteiger charge is 2.77. The highest BCUT2D eigenvalue weighted by molar-refractivity contribution is 6.01. The Bertz CT molecular complexity index is 632. The molecule has 0 aromatic rings. The third kappa shape index (κ3) is 1.28. The zero-order valence-electron chi connectivity index (χ0n) is 13.6. The van der Waals surface area contributed by atoms with E-state index in [2.05, 4.69) is 19.9 Å². The fourth-order valence-electron chi connectivity index (χ4n) is 7.40. The first-order chi connectivity index (χ1) is 10.4. The van der Waals surface area contributed by atoms with Crippen LogP contribution in [0.15, 0.2) is 23.8 Å². The van der Waals surface area contributed by atoms with Gasteiger partial charge in [0.2, 0.25) is 0 Å². The minimum atomic E-state index is -0.0829. The van der Waals surface area contributed by atoms with Crippen molar-refractivity contribution in [3.8, 4) is 0 Å². The van der Waals surface area contributed by atoms with Crippen molar-refractivity contribution in [3.05, 3.63) is 23.8 Å². The molecule has 5 aliphatic rings. The number of carbonyl (C=O) groups excluding carboxylic acids is 1. The number of aliphatic hydroxyl groups is 1. The van der Waals surface area contributed by atoms with Crippen LogP contribution in [0.3, 0.4) is 0 Å². The summed E-state index contributed by atoms with van der Waals surface area (Å²) in [5.74, 6) is 2.35. The van der Waals surface area contributed by atoms with E-state index in [0.717, 1.165) is 31.1 Å².